The van der Waals surface area contributed by atoms with E-state index in [1.807, 2.05) is 30.3 Å². The molecular formula is C35H28N4O8S. The van der Waals surface area contributed by atoms with Crippen molar-refractivity contribution in [3.8, 4) is 11.5 Å². The fraction of sp³-hybridized carbons (Fsp3) is 0.171. The van der Waals surface area contributed by atoms with Crippen LogP contribution in [-0.4, -0.2) is 48.1 Å². The van der Waals surface area contributed by atoms with Crippen molar-refractivity contribution in [1.82, 2.24) is 0 Å². The molecule has 6 rings (SSSR count). The summed E-state index contributed by atoms with van der Waals surface area (Å²) in [6, 6.07) is 27.5. The maximum absolute atomic E-state index is 13.2. The van der Waals surface area contributed by atoms with E-state index in [4.69, 9.17) is 14.2 Å². The van der Waals surface area contributed by atoms with E-state index in [2.05, 4.69) is 15.5 Å². The SMILES string of the molecule is O=C(CCC(=O)OCC(=O)c1ccc2c(c1)OCO2)Nc1cccc(S[C@H]2CC(=O)N(c3ccc(N=Nc4ccccc4)cc3)C2=O)c1. The molecule has 0 aliphatic carbocycles. The van der Waals surface area contributed by atoms with Crippen LogP contribution >= 0.6 is 11.8 Å². The highest BCUT2D eigenvalue weighted by atomic mass is 32.2. The summed E-state index contributed by atoms with van der Waals surface area (Å²) in [7, 11) is 0. The number of nitrogens with zero attached hydrogens (tertiary/aromatic N) is 3. The Hall–Kier alpha value is -5.82. The molecule has 1 saturated heterocycles. The Labute approximate surface area is 279 Å². The first-order valence-electron chi connectivity index (χ1n) is 14.9. The van der Waals surface area contributed by atoms with Crippen LogP contribution in [0, 0.1) is 0 Å². The number of carbonyl (C=O) groups is 5. The van der Waals surface area contributed by atoms with E-state index in [-0.39, 0.29) is 37.9 Å². The highest BCUT2D eigenvalue weighted by molar-refractivity contribution is 8.00. The van der Waals surface area contributed by atoms with E-state index >= 15 is 0 Å². The number of fused-ring (bicyclic) bond motifs is 1. The second kappa shape index (κ2) is 14.7. The predicted octanol–water partition coefficient (Wildman–Crippen LogP) is 6.40. The van der Waals surface area contributed by atoms with Gasteiger partial charge in [-0.05, 0) is 72.8 Å². The van der Waals surface area contributed by atoms with Gasteiger partial charge < -0.3 is 19.5 Å². The Balaban J connectivity index is 0.966. The summed E-state index contributed by atoms with van der Waals surface area (Å²) < 4.78 is 15.5. The molecule has 1 N–H and O–H groups in total. The minimum absolute atomic E-state index is 0.0227. The maximum atomic E-state index is 13.2. The lowest BCUT2D eigenvalue weighted by molar-refractivity contribution is -0.143. The third-order valence-corrected chi connectivity index (χ3v) is 8.44. The molecule has 1 fully saturated rings. The molecule has 2 aliphatic rings. The molecule has 2 aliphatic heterocycles. The summed E-state index contributed by atoms with van der Waals surface area (Å²) in [4.78, 5) is 65.0. The van der Waals surface area contributed by atoms with Crippen LogP contribution in [0.1, 0.15) is 29.6 Å². The third kappa shape index (κ3) is 7.93. The van der Waals surface area contributed by atoms with E-state index in [0.717, 1.165) is 0 Å². The van der Waals surface area contributed by atoms with Gasteiger partial charge in [-0.15, -0.1) is 11.8 Å². The van der Waals surface area contributed by atoms with E-state index in [1.165, 1.54) is 22.7 Å². The van der Waals surface area contributed by atoms with Crippen molar-refractivity contribution in [2.24, 2.45) is 10.2 Å². The number of hydrogen-bond acceptors (Lipinski definition) is 11. The second-order valence-electron chi connectivity index (χ2n) is 10.7. The molecule has 48 heavy (non-hydrogen) atoms. The lowest BCUT2D eigenvalue weighted by atomic mass is 10.1. The normalized spacial score (nSPS) is 15.2. The molecule has 0 aromatic heterocycles. The van der Waals surface area contributed by atoms with Gasteiger partial charge in [-0.2, -0.15) is 10.2 Å². The molecule has 4 aromatic rings. The van der Waals surface area contributed by atoms with Crippen LogP contribution in [0.15, 0.2) is 112 Å². The Bertz CT molecular complexity index is 1900. The molecule has 0 bridgehead atoms. The molecule has 3 amide bonds. The largest absolute Gasteiger partial charge is 0.457 e. The van der Waals surface area contributed by atoms with Gasteiger partial charge in [0.2, 0.25) is 24.5 Å². The molecule has 13 heteroatoms. The van der Waals surface area contributed by atoms with Crippen molar-refractivity contribution in [3.05, 3.63) is 103 Å². The Morgan fingerprint density at radius 3 is 2.38 bits per heavy atom. The van der Waals surface area contributed by atoms with Crippen molar-refractivity contribution in [2.45, 2.75) is 29.4 Å². The number of rotatable bonds is 12. The molecule has 0 saturated carbocycles. The van der Waals surface area contributed by atoms with Gasteiger partial charge in [-0.3, -0.25) is 24.0 Å². The first kappa shape index (κ1) is 32.1. The highest BCUT2D eigenvalue weighted by Crippen LogP contribution is 2.36. The number of imide groups is 1. The Morgan fingerprint density at radius 2 is 1.58 bits per heavy atom. The number of esters is 1. The van der Waals surface area contributed by atoms with Crippen molar-refractivity contribution >= 4 is 64.0 Å². The summed E-state index contributed by atoms with van der Waals surface area (Å²) in [5.41, 5.74) is 2.51. The van der Waals surface area contributed by atoms with Crippen LogP contribution in [0.2, 0.25) is 0 Å². The zero-order valence-corrected chi connectivity index (χ0v) is 26.2. The van der Waals surface area contributed by atoms with Gasteiger partial charge in [0.05, 0.1) is 28.7 Å². The molecule has 0 radical (unpaired) electrons. The lowest BCUT2D eigenvalue weighted by Crippen LogP contribution is -2.31. The number of amides is 3. The number of thioether (sulfide) groups is 1. The van der Waals surface area contributed by atoms with Gasteiger partial charge in [0.15, 0.2) is 23.9 Å². The number of carbonyl (C=O) groups excluding carboxylic acids is 5. The van der Waals surface area contributed by atoms with Gasteiger partial charge in [0, 0.05) is 29.0 Å². The van der Waals surface area contributed by atoms with E-state index in [9.17, 15) is 24.0 Å². The van der Waals surface area contributed by atoms with Crippen molar-refractivity contribution in [1.29, 1.82) is 0 Å². The molecule has 0 spiro atoms. The van der Waals surface area contributed by atoms with Gasteiger partial charge in [0.25, 0.3) is 0 Å². The Morgan fingerprint density at radius 1 is 0.833 bits per heavy atom. The van der Waals surface area contributed by atoms with E-state index in [1.54, 1.807) is 60.7 Å². The van der Waals surface area contributed by atoms with Gasteiger partial charge >= 0.3 is 5.97 Å². The number of ketones is 1. The number of azo groups is 1. The van der Waals surface area contributed by atoms with Crippen molar-refractivity contribution in [2.75, 3.05) is 23.6 Å². The second-order valence-corrected chi connectivity index (χ2v) is 11.9. The molecule has 0 unspecified atom stereocenters. The quantitative estimate of drug-likeness (QED) is 0.0785. The maximum Gasteiger partial charge on any atom is 0.306 e. The van der Waals surface area contributed by atoms with Crippen LogP contribution in [0.4, 0.5) is 22.7 Å². The smallest absolute Gasteiger partial charge is 0.306 e. The van der Waals surface area contributed by atoms with E-state index < -0.39 is 29.5 Å². The van der Waals surface area contributed by atoms with Crippen LogP contribution in [0.25, 0.3) is 0 Å². The summed E-state index contributed by atoms with van der Waals surface area (Å²) in [5, 5.41) is 10.5. The first-order chi connectivity index (χ1) is 23.3. The summed E-state index contributed by atoms with van der Waals surface area (Å²) in [5.74, 6) is -1.20. The topological polar surface area (TPSA) is 153 Å². The zero-order valence-electron chi connectivity index (χ0n) is 25.4. The number of nitrogens with one attached hydrogen (secondary N) is 1. The minimum Gasteiger partial charge on any atom is -0.457 e. The predicted molar refractivity (Wildman–Crippen MR) is 176 cm³/mol. The number of anilines is 2. The minimum atomic E-state index is -0.691. The number of Topliss-reactive ketones (excluding diaryl/α,β-unsaturated/α-hetero) is 1. The molecule has 242 valence electrons. The average molecular weight is 665 g/mol. The van der Waals surface area contributed by atoms with Crippen molar-refractivity contribution in [3.63, 3.8) is 0 Å². The zero-order chi connectivity index (χ0) is 33.5. The van der Waals surface area contributed by atoms with Gasteiger partial charge in [-0.25, -0.2) is 4.90 Å². The molecular weight excluding hydrogens is 636 g/mol. The third-order valence-electron chi connectivity index (χ3n) is 7.26. The van der Waals surface area contributed by atoms with Crippen molar-refractivity contribution < 1.29 is 38.2 Å². The summed E-state index contributed by atoms with van der Waals surface area (Å²) in [6.45, 7) is -0.389. The molecule has 2 heterocycles. The Kier molecular flexibility index (Phi) is 9.86. The molecule has 12 nitrogen and oxygen atoms in total. The fourth-order valence-corrected chi connectivity index (χ4v) is 5.98. The lowest BCUT2D eigenvalue weighted by Gasteiger charge is -2.15. The average Bonchev–Trinajstić information content (AvgIpc) is 3.68. The monoisotopic (exact) mass is 664 g/mol. The summed E-state index contributed by atoms with van der Waals surface area (Å²) in [6.07, 6.45) is -0.361. The number of ether oxygens (including phenoxy) is 3. The van der Waals surface area contributed by atoms with Crippen LogP contribution in [0.5, 0.6) is 11.5 Å². The number of hydrogen-bond donors (Lipinski definition) is 1. The van der Waals surface area contributed by atoms with Crippen LogP contribution < -0.4 is 19.7 Å². The summed E-state index contributed by atoms with van der Waals surface area (Å²) >= 11 is 1.23. The standard InChI is InChI=1S/C35H28N4O8S/c40-28(22-9-14-29-30(17-22)47-21-46-29)20-45-34(43)16-15-32(41)36-25-7-4-8-27(18-25)48-31-19-33(42)39(35(31)44)26-12-10-24(11-13-26)38-37-23-5-2-1-3-6-23/h1-14,17-18,31H,15-16,19-21H2,(H,36,41)/t31-/m0/s1. The van der Waals surface area contributed by atoms with Crippen LogP contribution in [-0.2, 0) is 23.9 Å². The molecule has 4 aromatic carbocycles. The fourth-order valence-electron chi connectivity index (χ4n) is 4.87. The number of benzene rings is 4. The van der Waals surface area contributed by atoms with Gasteiger partial charge in [0.1, 0.15) is 0 Å². The van der Waals surface area contributed by atoms with E-state index in [0.29, 0.717) is 44.7 Å². The highest BCUT2D eigenvalue weighted by Gasteiger charge is 2.40. The first-order valence-corrected chi connectivity index (χ1v) is 15.8. The van der Waals surface area contributed by atoms with Crippen LogP contribution in [0.3, 0.4) is 0 Å². The molecule has 1 atom stereocenters. The van der Waals surface area contributed by atoms with Gasteiger partial charge in [-0.1, -0.05) is 24.3 Å².